The second kappa shape index (κ2) is 6.70. The molecule has 3 aliphatic rings. The number of rotatable bonds is 6. The van der Waals surface area contributed by atoms with E-state index in [2.05, 4.69) is 40.2 Å². The molecule has 2 saturated carbocycles. The number of fused-ring (bicyclic) bond motifs is 2. The van der Waals surface area contributed by atoms with Crippen LogP contribution in [-0.4, -0.2) is 31.6 Å². The fourth-order valence-corrected chi connectivity index (χ4v) is 4.37. The van der Waals surface area contributed by atoms with Crippen LogP contribution in [0.25, 0.3) is 0 Å². The molecule has 0 aliphatic heterocycles. The molecule has 3 amide bonds. The van der Waals surface area contributed by atoms with Gasteiger partial charge in [0.25, 0.3) is 0 Å². The van der Waals surface area contributed by atoms with Crippen LogP contribution in [0, 0.1) is 11.8 Å². The molecule has 0 radical (unpaired) electrons. The summed E-state index contributed by atoms with van der Waals surface area (Å²) >= 11 is 0. The van der Waals surface area contributed by atoms with E-state index in [9.17, 15) is 9.59 Å². The molecule has 0 aromatic heterocycles. The van der Waals surface area contributed by atoms with Crippen LogP contribution in [0.15, 0.2) is 24.3 Å². The van der Waals surface area contributed by atoms with Crippen molar-refractivity contribution in [3.8, 4) is 0 Å². The SMILES string of the molecule is O=C(NCCNC(=O)C1CC1)NC[C@H]1C[C@@]12CCCc1ccccc12. The minimum atomic E-state index is -0.133. The second-order valence-electron chi connectivity index (χ2n) is 7.77. The summed E-state index contributed by atoms with van der Waals surface area (Å²) in [7, 11) is 0. The van der Waals surface area contributed by atoms with Gasteiger partial charge < -0.3 is 16.0 Å². The molecule has 2 fully saturated rings. The lowest BCUT2D eigenvalue weighted by molar-refractivity contribution is -0.122. The van der Waals surface area contributed by atoms with Gasteiger partial charge in [-0.2, -0.15) is 0 Å². The van der Waals surface area contributed by atoms with Crippen molar-refractivity contribution in [1.82, 2.24) is 16.0 Å². The van der Waals surface area contributed by atoms with Crippen LogP contribution in [0.2, 0.25) is 0 Å². The van der Waals surface area contributed by atoms with Crippen molar-refractivity contribution in [2.45, 2.75) is 43.9 Å². The monoisotopic (exact) mass is 341 g/mol. The number of hydrogen-bond acceptors (Lipinski definition) is 2. The van der Waals surface area contributed by atoms with Crippen molar-refractivity contribution in [2.24, 2.45) is 11.8 Å². The van der Waals surface area contributed by atoms with E-state index in [4.69, 9.17) is 0 Å². The van der Waals surface area contributed by atoms with Gasteiger partial charge in [-0.25, -0.2) is 4.79 Å². The summed E-state index contributed by atoms with van der Waals surface area (Å²) in [6.45, 7) is 1.71. The summed E-state index contributed by atoms with van der Waals surface area (Å²) < 4.78 is 0. The largest absolute Gasteiger partial charge is 0.354 e. The van der Waals surface area contributed by atoms with E-state index in [-0.39, 0.29) is 17.9 Å². The summed E-state index contributed by atoms with van der Waals surface area (Å²) in [4.78, 5) is 23.5. The Balaban J connectivity index is 1.18. The minimum absolute atomic E-state index is 0.123. The normalized spacial score (nSPS) is 26.6. The molecule has 25 heavy (non-hydrogen) atoms. The number of carbonyl (C=O) groups is 2. The molecule has 0 saturated heterocycles. The fourth-order valence-electron chi connectivity index (χ4n) is 4.37. The van der Waals surface area contributed by atoms with Crippen LogP contribution in [0.4, 0.5) is 4.79 Å². The first-order chi connectivity index (χ1) is 12.2. The first-order valence-corrected chi connectivity index (χ1v) is 9.57. The highest BCUT2D eigenvalue weighted by Gasteiger charge is 2.56. The molecule has 0 unspecified atom stereocenters. The predicted octanol–water partition coefficient (Wildman–Crippen LogP) is 2.11. The quantitative estimate of drug-likeness (QED) is 0.694. The van der Waals surface area contributed by atoms with Crippen LogP contribution in [0.3, 0.4) is 0 Å². The lowest BCUT2D eigenvalue weighted by Crippen LogP contribution is -2.41. The number of nitrogens with one attached hydrogen (secondary N) is 3. The van der Waals surface area contributed by atoms with E-state index < -0.39 is 0 Å². The molecule has 1 aromatic rings. The van der Waals surface area contributed by atoms with Gasteiger partial charge in [0.15, 0.2) is 0 Å². The number of benzene rings is 1. The Morgan fingerprint density at radius 1 is 1.08 bits per heavy atom. The molecule has 2 atom stereocenters. The molecule has 1 aromatic carbocycles. The van der Waals surface area contributed by atoms with E-state index in [0.717, 1.165) is 19.4 Å². The van der Waals surface area contributed by atoms with Gasteiger partial charge in [-0.15, -0.1) is 0 Å². The molecule has 134 valence electrons. The lowest BCUT2D eigenvalue weighted by atomic mass is 9.78. The summed E-state index contributed by atoms with van der Waals surface area (Å²) in [6, 6.07) is 8.66. The minimum Gasteiger partial charge on any atom is -0.354 e. The van der Waals surface area contributed by atoms with Crippen molar-refractivity contribution < 1.29 is 9.59 Å². The number of urea groups is 1. The van der Waals surface area contributed by atoms with Gasteiger partial charge in [0, 0.05) is 31.0 Å². The van der Waals surface area contributed by atoms with Gasteiger partial charge in [0.1, 0.15) is 0 Å². The van der Waals surface area contributed by atoms with Crippen LogP contribution >= 0.6 is 0 Å². The van der Waals surface area contributed by atoms with E-state index in [0.29, 0.717) is 24.4 Å². The highest BCUT2D eigenvalue weighted by molar-refractivity contribution is 5.80. The zero-order valence-corrected chi connectivity index (χ0v) is 14.6. The Labute approximate surface area is 148 Å². The average molecular weight is 341 g/mol. The van der Waals surface area contributed by atoms with Gasteiger partial charge in [-0.3, -0.25) is 4.79 Å². The van der Waals surface area contributed by atoms with E-state index in [1.165, 1.54) is 36.8 Å². The second-order valence-corrected chi connectivity index (χ2v) is 7.77. The van der Waals surface area contributed by atoms with Crippen LogP contribution < -0.4 is 16.0 Å². The molecule has 3 aliphatic carbocycles. The molecular weight excluding hydrogens is 314 g/mol. The Morgan fingerprint density at radius 2 is 1.88 bits per heavy atom. The highest BCUT2D eigenvalue weighted by Crippen LogP contribution is 2.59. The van der Waals surface area contributed by atoms with E-state index >= 15 is 0 Å². The summed E-state index contributed by atoms with van der Waals surface area (Å²) in [5, 5.41) is 8.69. The van der Waals surface area contributed by atoms with Gasteiger partial charge in [0.05, 0.1) is 0 Å². The standard InChI is InChI=1S/C20H27N3O2/c24-18(15-7-8-15)21-10-11-22-19(25)23-13-16-12-20(16)9-3-5-14-4-1-2-6-17(14)20/h1-2,4,6,15-16H,3,5,7-13H2,(H,21,24)(H2,22,23,25)/t16-,20+/m1/s1. The third-order valence-electron chi connectivity index (χ3n) is 6.02. The van der Waals surface area contributed by atoms with Crippen molar-refractivity contribution in [1.29, 1.82) is 0 Å². The molecule has 5 nitrogen and oxygen atoms in total. The number of amides is 3. The van der Waals surface area contributed by atoms with Gasteiger partial charge in [0.2, 0.25) is 5.91 Å². The summed E-state index contributed by atoms with van der Waals surface area (Å²) in [6.07, 6.45) is 6.87. The summed E-state index contributed by atoms with van der Waals surface area (Å²) in [5.74, 6) is 0.894. The Morgan fingerprint density at radius 3 is 2.72 bits per heavy atom. The Hall–Kier alpha value is -2.04. The fraction of sp³-hybridized carbons (Fsp3) is 0.600. The molecule has 5 heteroatoms. The smallest absolute Gasteiger partial charge is 0.314 e. The first-order valence-electron chi connectivity index (χ1n) is 9.57. The van der Waals surface area contributed by atoms with Crippen molar-refractivity contribution in [3.63, 3.8) is 0 Å². The van der Waals surface area contributed by atoms with Gasteiger partial charge >= 0.3 is 6.03 Å². The van der Waals surface area contributed by atoms with Crippen LogP contribution in [0.1, 0.15) is 43.2 Å². The predicted molar refractivity (Wildman–Crippen MR) is 96.3 cm³/mol. The van der Waals surface area contributed by atoms with Crippen molar-refractivity contribution >= 4 is 11.9 Å². The maximum Gasteiger partial charge on any atom is 0.314 e. The van der Waals surface area contributed by atoms with Gasteiger partial charge in [-0.05, 0) is 55.6 Å². The molecule has 4 rings (SSSR count). The van der Waals surface area contributed by atoms with Crippen molar-refractivity contribution in [3.05, 3.63) is 35.4 Å². The highest BCUT2D eigenvalue weighted by atomic mass is 16.2. The molecular formula is C20H27N3O2. The maximum absolute atomic E-state index is 11.9. The maximum atomic E-state index is 11.9. The Bertz CT molecular complexity index is 671. The van der Waals surface area contributed by atoms with Crippen molar-refractivity contribution in [2.75, 3.05) is 19.6 Å². The molecule has 1 spiro atoms. The topological polar surface area (TPSA) is 70.2 Å². The number of hydrogen-bond donors (Lipinski definition) is 3. The third-order valence-corrected chi connectivity index (χ3v) is 6.02. The zero-order chi connectivity index (χ0) is 17.3. The molecule has 3 N–H and O–H groups in total. The average Bonchev–Trinajstić information content (AvgIpc) is 3.53. The number of aryl methyl sites for hydroxylation is 1. The lowest BCUT2D eigenvalue weighted by Gasteiger charge is -2.26. The third kappa shape index (κ3) is 3.51. The summed E-state index contributed by atoms with van der Waals surface area (Å²) in [5.41, 5.74) is 3.31. The van der Waals surface area contributed by atoms with Crippen LogP contribution in [0.5, 0.6) is 0 Å². The van der Waals surface area contributed by atoms with Crippen LogP contribution in [-0.2, 0) is 16.6 Å². The van der Waals surface area contributed by atoms with E-state index in [1.54, 1.807) is 0 Å². The Kier molecular flexibility index (Phi) is 4.40. The first kappa shape index (κ1) is 16.4. The van der Waals surface area contributed by atoms with E-state index in [1.807, 2.05) is 0 Å². The van der Waals surface area contributed by atoms with Gasteiger partial charge in [-0.1, -0.05) is 24.3 Å². The zero-order valence-electron chi connectivity index (χ0n) is 14.6. The molecule has 0 heterocycles. The molecule has 0 bridgehead atoms. The number of carbonyl (C=O) groups excluding carboxylic acids is 2.